The summed E-state index contributed by atoms with van der Waals surface area (Å²) in [4.78, 5) is 22.2. The molecule has 112 valence electrons. The van der Waals surface area contributed by atoms with E-state index in [1.807, 2.05) is 24.3 Å². The SMILES string of the molecule is C=CC(=O)OC1=CCC(c2ccc(OC(=O)C=C)cc2)C=C1. The van der Waals surface area contributed by atoms with Gasteiger partial charge in [0.2, 0.25) is 0 Å². The van der Waals surface area contributed by atoms with E-state index in [-0.39, 0.29) is 5.92 Å². The highest BCUT2D eigenvalue weighted by Crippen LogP contribution is 2.28. The molecule has 0 saturated carbocycles. The summed E-state index contributed by atoms with van der Waals surface area (Å²) in [6.45, 7) is 6.70. The van der Waals surface area contributed by atoms with E-state index < -0.39 is 11.9 Å². The number of hydrogen-bond donors (Lipinski definition) is 0. The molecule has 0 radical (unpaired) electrons. The van der Waals surface area contributed by atoms with E-state index in [1.165, 1.54) is 0 Å². The van der Waals surface area contributed by atoms with Crippen molar-refractivity contribution >= 4 is 11.9 Å². The molecule has 0 aliphatic heterocycles. The van der Waals surface area contributed by atoms with Crippen molar-refractivity contribution in [2.45, 2.75) is 12.3 Å². The minimum atomic E-state index is -0.484. The second kappa shape index (κ2) is 7.22. The average Bonchev–Trinajstić information content (AvgIpc) is 2.56. The van der Waals surface area contributed by atoms with Crippen LogP contribution in [0.15, 0.2) is 73.6 Å². The van der Waals surface area contributed by atoms with Crippen molar-refractivity contribution in [3.05, 3.63) is 79.1 Å². The first kappa shape index (κ1) is 15.5. The Hall–Kier alpha value is -2.88. The predicted octanol–water partition coefficient (Wildman–Crippen LogP) is 3.43. The number of hydrogen-bond acceptors (Lipinski definition) is 4. The highest BCUT2D eigenvalue weighted by Gasteiger charge is 2.13. The van der Waals surface area contributed by atoms with Crippen LogP contribution in [0.3, 0.4) is 0 Å². The first-order valence-electron chi connectivity index (χ1n) is 6.79. The Bertz CT molecular complexity index is 650. The number of carbonyl (C=O) groups is 2. The molecule has 1 aliphatic rings. The van der Waals surface area contributed by atoms with Crippen LogP contribution in [-0.2, 0) is 14.3 Å². The van der Waals surface area contributed by atoms with Gasteiger partial charge in [0.1, 0.15) is 11.5 Å². The van der Waals surface area contributed by atoms with Crippen LogP contribution < -0.4 is 4.74 Å². The van der Waals surface area contributed by atoms with Crippen LogP contribution in [0, 0.1) is 0 Å². The lowest BCUT2D eigenvalue weighted by Gasteiger charge is -2.16. The van der Waals surface area contributed by atoms with Crippen LogP contribution in [0.4, 0.5) is 0 Å². The lowest BCUT2D eigenvalue weighted by atomic mass is 9.92. The van der Waals surface area contributed by atoms with Gasteiger partial charge in [-0.15, -0.1) is 0 Å². The third kappa shape index (κ3) is 4.06. The van der Waals surface area contributed by atoms with Gasteiger partial charge in [-0.05, 0) is 36.3 Å². The minimum Gasteiger partial charge on any atom is -0.424 e. The maximum Gasteiger partial charge on any atom is 0.335 e. The van der Waals surface area contributed by atoms with Crippen LogP contribution in [0.1, 0.15) is 17.9 Å². The summed E-state index contributed by atoms with van der Waals surface area (Å²) in [6, 6.07) is 7.27. The molecule has 0 heterocycles. The molecule has 0 saturated heterocycles. The topological polar surface area (TPSA) is 52.6 Å². The van der Waals surface area contributed by atoms with Gasteiger partial charge in [0.15, 0.2) is 0 Å². The summed E-state index contributed by atoms with van der Waals surface area (Å²) in [5.74, 6) is 0.238. The Labute approximate surface area is 129 Å². The van der Waals surface area contributed by atoms with E-state index in [4.69, 9.17) is 9.47 Å². The van der Waals surface area contributed by atoms with E-state index in [9.17, 15) is 9.59 Å². The molecule has 4 heteroatoms. The zero-order valence-corrected chi connectivity index (χ0v) is 12.0. The number of allylic oxidation sites excluding steroid dienone is 3. The molecule has 0 bridgehead atoms. The number of esters is 2. The van der Waals surface area contributed by atoms with Crippen LogP contribution in [-0.4, -0.2) is 11.9 Å². The molecular formula is C18H16O4. The zero-order chi connectivity index (χ0) is 15.9. The van der Waals surface area contributed by atoms with Crippen LogP contribution in [0.25, 0.3) is 0 Å². The molecular weight excluding hydrogens is 280 g/mol. The number of benzene rings is 1. The van der Waals surface area contributed by atoms with Gasteiger partial charge < -0.3 is 9.47 Å². The highest BCUT2D eigenvalue weighted by atomic mass is 16.5. The molecule has 0 N–H and O–H groups in total. The van der Waals surface area contributed by atoms with Crippen molar-refractivity contribution in [2.24, 2.45) is 0 Å². The summed E-state index contributed by atoms with van der Waals surface area (Å²) < 4.78 is 10.1. The maximum absolute atomic E-state index is 11.1. The normalized spacial score (nSPS) is 16.4. The first-order chi connectivity index (χ1) is 10.6. The fourth-order valence-corrected chi connectivity index (χ4v) is 2.02. The maximum atomic E-state index is 11.1. The zero-order valence-electron chi connectivity index (χ0n) is 12.0. The molecule has 1 aromatic rings. The summed E-state index contributed by atoms with van der Waals surface area (Å²) in [5.41, 5.74) is 1.08. The van der Waals surface area contributed by atoms with Crippen molar-refractivity contribution in [2.75, 3.05) is 0 Å². The summed E-state index contributed by atoms with van der Waals surface area (Å²) >= 11 is 0. The van der Waals surface area contributed by atoms with Crippen molar-refractivity contribution in [1.29, 1.82) is 0 Å². The molecule has 0 spiro atoms. The molecule has 2 rings (SSSR count). The van der Waals surface area contributed by atoms with Gasteiger partial charge in [0.05, 0.1) is 0 Å². The summed E-state index contributed by atoms with van der Waals surface area (Å²) in [7, 11) is 0. The average molecular weight is 296 g/mol. The van der Waals surface area contributed by atoms with Gasteiger partial charge in [0.25, 0.3) is 0 Å². The number of ether oxygens (including phenoxy) is 2. The fraction of sp³-hybridized carbons (Fsp3) is 0.111. The van der Waals surface area contributed by atoms with Gasteiger partial charge >= 0.3 is 11.9 Å². The molecule has 1 atom stereocenters. The van der Waals surface area contributed by atoms with Crippen molar-refractivity contribution in [3.63, 3.8) is 0 Å². The largest absolute Gasteiger partial charge is 0.424 e. The smallest absolute Gasteiger partial charge is 0.335 e. The van der Waals surface area contributed by atoms with Gasteiger partial charge in [0, 0.05) is 18.1 Å². The molecule has 1 aliphatic carbocycles. The molecule has 0 fully saturated rings. The molecule has 1 aromatic carbocycles. The van der Waals surface area contributed by atoms with E-state index in [2.05, 4.69) is 13.2 Å². The highest BCUT2D eigenvalue weighted by molar-refractivity contribution is 5.83. The second-order valence-corrected chi connectivity index (χ2v) is 4.63. The van der Waals surface area contributed by atoms with Gasteiger partial charge in [-0.25, -0.2) is 9.59 Å². The fourth-order valence-electron chi connectivity index (χ4n) is 2.02. The Balaban J connectivity index is 1.98. The standard InChI is InChI=1S/C18H16O4/c1-3-17(19)21-15-9-5-13(6-10-15)14-7-11-16(12-8-14)22-18(20)4-2/h3-7,9-12,14H,1-2,8H2. The third-order valence-electron chi connectivity index (χ3n) is 3.14. The van der Waals surface area contributed by atoms with Gasteiger partial charge in [-0.1, -0.05) is 31.4 Å². The van der Waals surface area contributed by atoms with Crippen LogP contribution >= 0.6 is 0 Å². The Morgan fingerprint density at radius 1 is 1.05 bits per heavy atom. The molecule has 0 aromatic heterocycles. The van der Waals surface area contributed by atoms with Crippen molar-refractivity contribution in [1.82, 2.24) is 0 Å². The third-order valence-corrected chi connectivity index (χ3v) is 3.14. The van der Waals surface area contributed by atoms with Crippen molar-refractivity contribution in [3.8, 4) is 5.75 Å². The second-order valence-electron chi connectivity index (χ2n) is 4.63. The van der Waals surface area contributed by atoms with Gasteiger partial charge in [-0.3, -0.25) is 0 Å². The van der Waals surface area contributed by atoms with E-state index in [0.717, 1.165) is 24.1 Å². The Morgan fingerprint density at radius 2 is 1.68 bits per heavy atom. The van der Waals surface area contributed by atoms with Crippen LogP contribution in [0.2, 0.25) is 0 Å². The molecule has 1 unspecified atom stereocenters. The van der Waals surface area contributed by atoms with Crippen molar-refractivity contribution < 1.29 is 19.1 Å². The summed E-state index contributed by atoms with van der Waals surface area (Å²) in [6.07, 6.45) is 8.57. The van der Waals surface area contributed by atoms with E-state index >= 15 is 0 Å². The molecule has 4 nitrogen and oxygen atoms in total. The number of rotatable bonds is 5. The first-order valence-corrected chi connectivity index (χ1v) is 6.79. The lowest BCUT2D eigenvalue weighted by Crippen LogP contribution is -2.05. The minimum absolute atomic E-state index is 0.190. The lowest BCUT2D eigenvalue weighted by molar-refractivity contribution is -0.133. The quantitative estimate of drug-likeness (QED) is 0.474. The molecule has 22 heavy (non-hydrogen) atoms. The summed E-state index contributed by atoms with van der Waals surface area (Å²) in [5, 5.41) is 0. The predicted molar refractivity (Wildman–Crippen MR) is 83.1 cm³/mol. The van der Waals surface area contributed by atoms with E-state index in [1.54, 1.807) is 18.2 Å². The Kier molecular flexibility index (Phi) is 5.09. The van der Waals surface area contributed by atoms with Crippen LogP contribution in [0.5, 0.6) is 5.75 Å². The van der Waals surface area contributed by atoms with Gasteiger partial charge in [-0.2, -0.15) is 0 Å². The Morgan fingerprint density at radius 3 is 2.23 bits per heavy atom. The monoisotopic (exact) mass is 296 g/mol. The number of carbonyl (C=O) groups excluding carboxylic acids is 2. The van der Waals surface area contributed by atoms with E-state index in [0.29, 0.717) is 11.5 Å². The molecule has 0 amide bonds.